The molecule has 13 heavy (non-hydrogen) atoms. The number of carbonyl (C=O) groups is 2. The van der Waals surface area contributed by atoms with E-state index in [4.69, 9.17) is 0 Å². The molecule has 0 fully saturated rings. The number of nitrogens with zero attached hydrogens (tertiary/aromatic N) is 1. The molecule has 0 aliphatic carbocycles. The molecule has 0 aliphatic heterocycles. The molecule has 0 spiro atoms. The fourth-order valence-electron chi connectivity index (χ4n) is 0.907. The highest BCUT2D eigenvalue weighted by molar-refractivity contribution is 5.97. The van der Waals surface area contributed by atoms with E-state index in [2.05, 4.69) is 4.98 Å². The Morgan fingerprint density at radius 1 is 1.23 bits per heavy atom. The number of aromatic nitrogens is 1. The van der Waals surface area contributed by atoms with Crippen LogP contribution in [0, 0.1) is 0 Å². The van der Waals surface area contributed by atoms with E-state index in [0.717, 1.165) is 0 Å². The number of hydrogen-bond donors (Lipinski definition) is 1. The van der Waals surface area contributed by atoms with Crippen molar-refractivity contribution in [1.82, 2.24) is 4.98 Å². The molecular weight excluding hydrogens is 170 g/mol. The first-order chi connectivity index (χ1) is 6.02. The lowest BCUT2D eigenvalue weighted by Crippen LogP contribution is -2.03. The van der Waals surface area contributed by atoms with E-state index in [1.165, 1.54) is 26.0 Å². The van der Waals surface area contributed by atoms with Gasteiger partial charge in [-0.15, -0.1) is 0 Å². The molecule has 1 aromatic heterocycles. The van der Waals surface area contributed by atoms with Crippen molar-refractivity contribution in [2.75, 3.05) is 0 Å². The van der Waals surface area contributed by atoms with Gasteiger partial charge in [0.1, 0.15) is 17.1 Å². The number of hydrogen-bond acceptors (Lipinski definition) is 4. The standard InChI is InChI=1S/C9H9NO3/c1-5(11)7-3-4-8(13)9(10-7)6(2)12/h3-4,13H,1-2H3. The highest BCUT2D eigenvalue weighted by Crippen LogP contribution is 2.15. The maximum absolute atomic E-state index is 10.9. The van der Waals surface area contributed by atoms with Crippen LogP contribution in [0.4, 0.5) is 0 Å². The Bertz CT molecular complexity index is 371. The predicted molar refractivity (Wildman–Crippen MR) is 45.9 cm³/mol. The monoisotopic (exact) mass is 179 g/mol. The second-order valence-corrected chi connectivity index (χ2v) is 2.68. The number of rotatable bonds is 2. The van der Waals surface area contributed by atoms with Gasteiger partial charge in [0.2, 0.25) is 0 Å². The minimum Gasteiger partial charge on any atom is -0.506 e. The summed E-state index contributed by atoms with van der Waals surface area (Å²) >= 11 is 0. The summed E-state index contributed by atoms with van der Waals surface area (Å²) in [5.41, 5.74) is 0.121. The number of aromatic hydroxyl groups is 1. The van der Waals surface area contributed by atoms with Gasteiger partial charge in [-0.25, -0.2) is 4.98 Å². The molecule has 0 aliphatic rings. The molecule has 0 aromatic carbocycles. The molecule has 4 heteroatoms. The zero-order valence-corrected chi connectivity index (χ0v) is 7.37. The average Bonchev–Trinajstić information content (AvgIpc) is 2.04. The second kappa shape index (κ2) is 3.35. The lowest BCUT2D eigenvalue weighted by atomic mass is 10.2. The van der Waals surface area contributed by atoms with Crippen LogP contribution in [0.15, 0.2) is 12.1 Å². The Hall–Kier alpha value is -1.71. The minimum atomic E-state index is -0.361. The minimum absolute atomic E-state index is 0.0623. The van der Waals surface area contributed by atoms with E-state index in [-0.39, 0.29) is 28.7 Å². The van der Waals surface area contributed by atoms with E-state index >= 15 is 0 Å². The lowest BCUT2D eigenvalue weighted by molar-refractivity contribution is 0.100. The summed E-state index contributed by atoms with van der Waals surface area (Å²) in [6.07, 6.45) is 0. The summed E-state index contributed by atoms with van der Waals surface area (Å²) in [5, 5.41) is 9.19. The molecule has 0 saturated heterocycles. The van der Waals surface area contributed by atoms with Crippen molar-refractivity contribution in [3.8, 4) is 5.75 Å². The van der Waals surface area contributed by atoms with E-state index in [0.29, 0.717) is 0 Å². The van der Waals surface area contributed by atoms with Gasteiger partial charge in [-0.3, -0.25) is 9.59 Å². The van der Waals surface area contributed by atoms with Crippen molar-refractivity contribution in [2.45, 2.75) is 13.8 Å². The first-order valence-corrected chi connectivity index (χ1v) is 3.74. The first kappa shape index (κ1) is 9.38. The van der Waals surface area contributed by atoms with Crippen LogP contribution in [0.5, 0.6) is 5.75 Å². The largest absolute Gasteiger partial charge is 0.506 e. The van der Waals surface area contributed by atoms with Crippen molar-refractivity contribution in [3.05, 3.63) is 23.5 Å². The molecule has 0 amide bonds. The fourth-order valence-corrected chi connectivity index (χ4v) is 0.907. The summed E-state index contributed by atoms with van der Waals surface area (Å²) in [6.45, 7) is 2.63. The smallest absolute Gasteiger partial charge is 0.181 e. The number of carbonyl (C=O) groups excluding carboxylic acids is 2. The van der Waals surface area contributed by atoms with E-state index in [1.807, 2.05) is 0 Å². The van der Waals surface area contributed by atoms with Crippen LogP contribution < -0.4 is 0 Å². The van der Waals surface area contributed by atoms with E-state index in [9.17, 15) is 14.7 Å². The third-order valence-electron chi connectivity index (χ3n) is 1.57. The Morgan fingerprint density at radius 3 is 2.31 bits per heavy atom. The first-order valence-electron chi connectivity index (χ1n) is 3.74. The molecule has 1 N–H and O–H groups in total. The van der Waals surface area contributed by atoms with Gasteiger partial charge in [-0.2, -0.15) is 0 Å². The van der Waals surface area contributed by atoms with E-state index < -0.39 is 0 Å². The highest BCUT2D eigenvalue weighted by atomic mass is 16.3. The third kappa shape index (κ3) is 1.90. The SMILES string of the molecule is CC(=O)c1ccc(O)c(C(C)=O)n1. The van der Waals surface area contributed by atoms with Crippen molar-refractivity contribution in [3.63, 3.8) is 0 Å². The van der Waals surface area contributed by atoms with Crippen LogP contribution >= 0.6 is 0 Å². The zero-order chi connectivity index (χ0) is 10.0. The molecule has 4 nitrogen and oxygen atoms in total. The van der Waals surface area contributed by atoms with Crippen molar-refractivity contribution in [2.24, 2.45) is 0 Å². The molecular formula is C9H9NO3. The molecule has 1 heterocycles. The van der Waals surface area contributed by atoms with Crippen LogP contribution in [0.1, 0.15) is 34.8 Å². The van der Waals surface area contributed by atoms with Crippen molar-refractivity contribution < 1.29 is 14.7 Å². The third-order valence-corrected chi connectivity index (χ3v) is 1.57. The maximum atomic E-state index is 10.9. The van der Waals surface area contributed by atoms with Crippen LogP contribution in [0.3, 0.4) is 0 Å². The van der Waals surface area contributed by atoms with E-state index in [1.54, 1.807) is 0 Å². The van der Waals surface area contributed by atoms with Crippen LogP contribution in [-0.2, 0) is 0 Å². The Kier molecular flexibility index (Phi) is 2.41. The maximum Gasteiger partial charge on any atom is 0.181 e. The van der Waals surface area contributed by atoms with Gasteiger partial charge in [0.05, 0.1) is 0 Å². The second-order valence-electron chi connectivity index (χ2n) is 2.68. The van der Waals surface area contributed by atoms with Gasteiger partial charge in [-0.1, -0.05) is 0 Å². The summed E-state index contributed by atoms with van der Waals surface area (Å²) in [7, 11) is 0. The van der Waals surface area contributed by atoms with Gasteiger partial charge in [0, 0.05) is 13.8 Å². The quantitative estimate of drug-likeness (QED) is 0.692. The molecule has 0 bridgehead atoms. The van der Waals surface area contributed by atoms with Gasteiger partial charge >= 0.3 is 0 Å². The molecule has 1 rings (SSSR count). The Morgan fingerprint density at radius 2 is 1.85 bits per heavy atom. The Labute approximate surface area is 75.2 Å². The number of pyridine rings is 1. The molecule has 0 atom stereocenters. The van der Waals surface area contributed by atoms with Crippen molar-refractivity contribution >= 4 is 11.6 Å². The van der Waals surface area contributed by atoms with Gasteiger partial charge in [0.15, 0.2) is 11.6 Å². The Balaban J connectivity index is 3.27. The summed E-state index contributed by atoms with van der Waals surface area (Å²) < 4.78 is 0. The lowest BCUT2D eigenvalue weighted by Gasteiger charge is -2.00. The molecule has 0 unspecified atom stereocenters. The van der Waals surface area contributed by atoms with Crippen LogP contribution in [0.25, 0.3) is 0 Å². The number of Topliss-reactive ketones (excluding diaryl/α,β-unsaturated/α-hetero) is 2. The number of ketones is 2. The van der Waals surface area contributed by atoms with Gasteiger partial charge < -0.3 is 5.11 Å². The highest BCUT2D eigenvalue weighted by Gasteiger charge is 2.10. The predicted octanol–water partition coefficient (Wildman–Crippen LogP) is 1.19. The summed E-state index contributed by atoms with van der Waals surface area (Å²) in [4.78, 5) is 25.5. The molecule has 68 valence electrons. The van der Waals surface area contributed by atoms with Crippen LogP contribution in [0.2, 0.25) is 0 Å². The average molecular weight is 179 g/mol. The normalized spacial score (nSPS) is 9.69. The molecule has 1 aromatic rings. The van der Waals surface area contributed by atoms with Gasteiger partial charge in [-0.05, 0) is 12.1 Å². The van der Waals surface area contributed by atoms with Crippen molar-refractivity contribution in [1.29, 1.82) is 0 Å². The molecule has 0 saturated carbocycles. The summed E-state index contributed by atoms with van der Waals surface area (Å²) in [5.74, 6) is -0.791. The topological polar surface area (TPSA) is 67.3 Å². The van der Waals surface area contributed by atoms with Gasteiger partial charge in [0.25, 0.3) is 0 Å². The summed E-state index contributed by atoms with van der Waals surface area (Å²) in [6, 6.07) is 2.67. The molecule has 0 radical (unpaired) electrons. The zero-order valence-electron chi connectivity index (χ0n) is 7.37. The fraction of sp³-hybridized carbons (Fsp3) is 0.222. The van der Waals surface area contributed by atoms with Crippen LogP contribution in [-0.4, -0.2) is 21.7 Å².